The highest BCUT2D eigenvalue weighted by molar-refractivity contribution is 5.40. The smallest absolute Gasteiger partial charge is 0.255 e. The van der Waals surface area contributed by atoms with Gasteiger partial charge >= 0.3 is 0 Å². The van der Waals surface area contributed by atoms with E-state index in [1.54, 1.807) is 7.11 Å². The predicted molar refractivity (Wildman–Crippen MR) is 82.7 cm³/mol. The monoisotopic (exact) mass is 284 g/mol. The van der Waals surface area contributed by atoms with Crippen molar-refractivity contribution in [3.05, 3.63) is 63.6 Å². The van der Waals surface area contributed by atoms with Crippen LogP contribution in [-0.4, -0.2) is 11.7 Å². The highest BCUT2D eigenvalue weighted by Crippen LogP contribution is 2.33. The second-order valence-electron chi connectivity index (χ2n) is 5.61. The van der Waals surface area contributed by atoms with Gasteiger partial charge in [0.2, 0.25) is 0 Å². The summed E-state index contributed by atoms with van der Waals surface area (Å²) in [4.78, 5) is 12.5. The molecule has 0 amide bonds. The molecule has 0 radical (unpaired) electrons. The van der Waals surface area contributed by atoms with Gasteiger partial charge in [-0.15, -0.1) is 0 Å². The van der Waals surface area contributed by atoms with Crippen LogP contribution >= 0.6 is 0 Å². The minimum atomic E-state index is -0.409. The number of aryl methyl sites for hydroxylation is 1. The van der Waals surface area contributed by atoms with Gasteiger partial charge in [0.05, 0.1) is 13.2 Å². The molecule has 0 saturated heterocycles. The summed E-state index contributed by atoms with van der Waals surface area (Å²) < 4.78 is 7.07. The lowest BCUT2D eigenvalue weighted by Crippen LogP contribution is -2.27. The van der Waals surface area contributed by atoms with Crippen LogP contribution in [0.5, 0.6) is 5.75 Å². The van der Waals surface area contributed by atoms with Gasteiger partial charge in [0.1, 0.15) is 5.75 Å². The average Bonchev–Trinajstić information content (AvgIpc) is 3.31. The molecule has 0 aliphatic heterocycles. The Morgan fingerprint density at radius 2 is 2.10 bits per heavy atom. The van der Waals surface area contributed by atoms with E-state index in [0.717, 1.165) is 29.7 Å². The molecule has 1 heterocycles. The number of methoxy groups -OCH3 is 1. The van der Waals surface area contributed by atoms with Crippen molar-refractivity contribution in [1.29, 1.82) is 0 Å². The van der Waals surface area contributed by atoms with Crippen LogP contribution in [0.2, 0.25) is 0 Å². The second-order valence-corrected chi connectivity index (χ2v) is 5.61. The van der Waals surface area contributed by atoms with E-state index in [1.165, 1.54) is 0 Å². The van der Waals surface area contributed by atoms with E-state index in [1.807, 2.05) is 48.0 Å². The van der Waals surface area contributed by atoms with Crippen molar-refractivity contribution in [3.63, 3.8) is 0 Å². The van der Waals surface area contributed by atoms with Gasteiger partial charge in [-0.2, -0.15) is 0 Å². The lowest BCUT2D eigenvalue weighted by atomic mass is 9.99. The molecule has 0 spiro atoms. The first-order valence-electron chi connectivity index (χ1n) is 7.23. The molecule has 1 saturated carbocycles. The van der Waals surface area contributed by atoms with E-state index in [4.69, 9.17) is 10.5 Å². The lowest BCUT2D eigenvalue weighted by Gasteiger charge is -2.15. The van der Waals surface area contributed by atoms with Crippen LogP contribution in [0.15, 0.2) is 41.3 Å². The summed E-state index contributed by atoms with van der Waals surface area (Å²) in [7, 11) is 1.65. The van der Waals surface area contributed by atoms with Gasteiger partial charge in [-0.1, -0.05) is 18.2 Å². The zero-order valence-corrected chi connectivity index (χ0v) is 12.4. The fourth-order valence-electron chi connectivity index (χ4n) is 2.68. The van der Waals surface area contributed by atoms with Crippen molar-refractivity contribution in [2.75, 3.05) is 7.11 Å². The van der Waals surface area contributed by atoms with Crippen LogP contribution in [0.1, 0.15) is 41.6 Å². The van der Waals surface area contributed by atoms with Gasteiger partial charge in [-0.3, -0.25) is 4.79 Å². The summed E-state index contributed by atoms with van der Waals surface area (Å²) in [5.41, 5.74) is 8.94. The standard InChI is InChI=1S/C17H20N2O2/c1-11-10-12(5-8-15(11)21-2)16(18)14-4-3-9-19(17(14)20)13-6-7-13/h3-5,8-10,13,16H,6-7,18H2,1-2H3. The quantitative estimate of drug-likeness (QED) is 0.938. The van der Waals surface area contributed by atoms with Gasteiger partial charge < -0.3 is 15.0 Å². The van der Waals surface area contributed by atoms with Crippen LogP contribution in [0.25, 0.3) is 0 Å². The zero-order valence-electron chi connectivity index (χ0n) is 12.4. The van der Waals surface area contributed by atoms with Crippen LogP contribution in [0.4, 0.5) is 0 Å². The molecule has 1 aliphatic rings. The highest BCUT2D eigenvalue weighted by atomic mass is 16.5. The van der Waals surface area contributed by atoms with E-state index in [-0.39, 0.29) is 5.56 Å². The topological polar surface area (TPSA) is 57.2 Å². The first-order chi connectivity index (χ1) is 10.1. The van der Waals surface area contributed by atoms with Crippen molar-refractivity contribution in [2.45, 2.75) is 31.8 Å². The zero-order chi connectivity index (χ0) is 15.0. The molecule has 1 aromatic heterocycles. The van der Waals surface area contributed by atoms with Gasteiger partial charge in [0.25, 0.3) is 5.56 Å². The van der Waals surface area contributed by atoms with E-state index in [9.17, 15) is 4.79 Å². The van der Waals surface area contributed by atoms with Crippen LogP contribution < -0.4 is 16.0 Å². The molecule has 110 valence electrons. The number of pyridine rings is 1. The number of benzene rings is 1. The van der Waals surface area contributed by atoms with Gasteiger partial charge in [-0.25, -0.2) is 0 Å². The number of ether oxygens (including phenoxy) is 1. The van der Waals surface area contributed by atoms with Crippen molar-refractivity contribution in [3.8, 4) is 5.75 Å². The number of aromatic nitrogens is 1. The molecule has 1 aromatic carbocycles. The maximum atomic E-state index is 12.5. The van der Waals surface area contributed by atoms with Crippen molar-refractivity contribution in [1.82, 2.24) is 4.57 Å². The number of rotatable bonds is 4. The molecule has 1 unspecified atom stereocenters. The fraction of sp³-hybridized carbons (Fsp3) is 0.353. The van der Waals surface area contributed by atoms with E-state index in [0.29, 0.717) is 11.6 Å². The summed E-state index contributed by atoms with van der Waals surface area (Å²) in [5, 5.41) is 0. The van der Waals surface area contributed by atoms with Crippen LogP contribution in [0.3, 0.4) is 0 Å². The van der Waals surface area contributed by atoms with Crippen LogP contribution in [0, 0.1) is 6.92 Å². The molecule has 1 aliphatic carbocycles. The molecule has 21 heavy (non-hydrogen) atoms. The Morgan fingerprint density at radius 3 is 2.71 bits per heavy atom. The van der Waals surface area contributed by atoms with E-state index >= 15 is 0 Å². The Labute approximate surface area is 124 Å². The summed E-state index contributed by atoms with van der Waals surface area (Å²) >= 11 is 0. The Bertz CT molecular complexity index is 717. The molecule has 1 atom stereocenters. The first kappa shape index (κ1) is 13.9. The van der Waals surface area contributed by atoms with Crippen molar-refractivity contribution >= 4 is 0 Å². The van der Waals surface area contributed by atoms with Crippen molar-refractivity contribution < 1.29 is 4.74 Å². The molecule has 4 nitrogen and oxygen atoms in total. The molecule has 4 heteroatoms. The largest absolute Gasteiger partial charge is 0.496 e. The average molecular weight is 284 g/mol. The summed E-state index contributed by atoms with van der Waals surface area (Å²) in [5.74, 6) is 0.828. The summed E-state index contributed by atoms with van der Waals surface area (Å²) in [6, 6.07) is 9.49. The fourth-order valence-corrected chi connectivity index (χ4v) is 2.68. The third-order valence-corrected chi connectivity index (χ3v) is 4.06. The molecule has 3 rings (SSSR count). The summed E-state index contributed by atoms with van der Waals surface area (Å²) in [6.07, 6.45) is 4.02. The number of nitrogens with two attached hydrogens (primary N) is 1. The minimum Gasteiger partial charge on any atom is -0.496 e. The predicted octanol–water partition coefficient (Wildman–Crippen LogP) is 2.55. The lowest BCUT2D eigenvalue weighted by molar-refractivity contribution is 0.411. The van der Waals surface area contributed by atoms with Crippen molar-refractivity contribution in [2.24, 2.45) is 5.73 Å². The summed E-state index contributed by atoms with van der Waals surface area (Å²) in [6.45, 7) is 1.97. The highest BCUT2D eigenvalue weighted by Gasteiger charge is 2.26. The number of hydrogen-bond acceptors (Lipinski definition) is 3. The van der Waals surface area contributed by atoms with Gasteiger partial charge in [0.15, 0.2) is 0 Å². The van der Waals surface area contributed by atoms with Gasteiger partial charge in [-0.05, 0) is 43.0 Å². The van der Waals surface area contributed by atoms with E-state index in [2.05, 4.69) is 0 Å². The normalized spacial score (nSPS) is 15.8. The van der Waals surface area contributed by atoms with Gasteiger partial charge in [0, 0.05) is 17.8 Å². The Balaban J connectivity index is 1.98. The Hall–Kier alpha value is -2.07. The Morgan fingerprint density at radius 1 is 1.33 bits per heavy atom. The third kappa shape index (κ3) is 2.59. The number of hydrogen-bond donors (Lipinski definition) is 1. The molecule has 0 bridgehead atoms. The number of nitrogens with zero attached hydrogens (tertiary/aromatic N) is 1. The molecular formula is C17H20N2O2. The Kier molecular flexibility index (Phi) is 3.55. The van der Waals surface area contributed by atoms with E-state index < -0.39 is 6.04 Å². The maximum absolute atomic E-state index is 12.5. The molecule has 2 N–H and O–H groups in total. The molecule has 1 fully saturated rings. The first-order valence-corrected chi connectivity index (χ1v) is 7.23. The molecule has 2 aromatic rings. The third-order valence-electron chi connectivity index (χ3n) is 4.06. The molecular weight excluding hydrogens is 264 g/mol. The second kappa shape index (κ2) is 5.37. The maximum Gasteiger partial charge on any atom is 0.255 e. The van der Waals surface area contributed by atoms with Crippen LogP contribution in [-0.2, 0) is 0 Å². The minimum absolute atomic E-state index is 0.0287. The SMILES string of the molecule is COc1ccc(C(N)c2cccn(C3CC3)c2=O)cc1C.